The fourth-order valence-electron chi connectivity index (χ4n) is 1.74. The Labute approximate surface area is 80.6 Å². The summed E-state index contributed by atoms with van der Waals surface area (Å²) in [5, 5.41) is 12.2. The van der Waals surface area contributed by atoms with E-state index in [9.17, 15) is 13.9 Å². The molecule has 4 heteroatoms. The summed E-state index contributed by atoms with van der Waals surface area (Å²) in [6.45, 7) is 0.431. The zero-order valence-electron chi connectivity index (χ0n) is 7.50. The van der Waals surface area contributed by atoms with Crippen LogP contribution in [-0.2, 0) is 0 Å². The van der Waals surface area contributed by atoms with E-state index in [2.05, 4.69) is 5.32 Å². The zero-order chi connectivity index (χ0) is 10.1. The highest BCUT2D eigenvalue weighted by Crippen LogP contribution is 2.25. The molecular weight excluding hydrogens is 188 g/mol. The van der Waals surface area contributed by atoms with Crippen molar-refractivity contribution in [3.63, 3.8) is 0 Å². The van der Waals surface area contributed by atoms with Crippen molar-refractivity contribution >= 4 is 0 Å². The third-order valence-corrected chi connectivity index (χ3v) is 2.44. The quantitative estimate of drug-likeness (QED) is 0.715. The van der Waals surface area contributed by atoms with E-state index in [1.807, 2.05) is 0 Å². The van der Waals surface area contributed by atoms with E-state index in [1.54, 1.807) is 0 Å². The van der Waals surface area contributed by atoms with Crippen molar-refractivity contribution in [3.05, 3.63) is 35.4 Å². The average Bonchev–Trinajstić information content (AvgIpc) is 2.56. The molecule has 2 atom stereocenters. The molecule has 0 radical (unpaired) electrons. The summed E-state index contributed by atoms with van der Waals surface area (Å²) < 4.78 is 26.1. The van der Waals surface area contributed by atoms with Crippen molar-refractivity contribution in [1.29, 1.82) is 0 Å². The van der Waals surface area contributed by atoms with E-state index in [0.29, 0.717) is 18.5 Å². The van der Waals surface area contributed by atoms with Gasteiger partial charge in [0.25, 0.3) is 0 Å². The van der Waals surface area contributed by atoms with Crippen molar-refractivity contribution in [3.8, 4) is 0 Å². The summed E-state index contributed by atoms with van der Waals surface area (Å²) in [5.74, 6) is -0.886. The van der Waals surface area contributed by atoms with Gasteiger partial charge in [0.15, 0.2) is 0 Å². The van der Waals surface area contributed by atoms with E-state index >= 15 is 0 Å². The van der Waals surface area contributed by atoms with Gasteiger partial charge in [-0.05, 0) is 24.6 Å². The highest BCUT2D eigenvalue weighted by atomic mass is 19.1. The molecule has 1 fully saturated rings. The van der Waals surface area contributed by atoms with Crippen LogP contribution in [-0.4, -0.2) is 17.8 Å². The Morgan fingerprint density at radius 1 is 1.36 bits per heavy atom. The Hall–Kier alpha value is -1.00. The molecule has 2 nitrogen and oxygen atoms in total. The lowest BCUT2D eigenvalue weighted by atomic mass is 10.0. The van der Waals surface area contributed by atoms with Crippen LogP contribution < -0.4 is 5.32 Å². The molecule has 2 rings (SSSR count). The lowest BCUT2D eigenvalue weighted by Crippen LogP contribution is -2.15. The Morgan fingerprint density at radius 3 is 2.79 bits per heavy atom. The third-order valence-electron chi connectivity index (χ3n) is 2.44. The lowest BCUT2D eigenvalue weighted by molar-refractivity contribution is 0.193. The second-order valence-corrected chi connectivity index (χ2v) is 3.52. The number of rotatable bonds is 1. The van der Waals surface area contributed by atoms with Crippen molar-refractivity contribution < 1.29 is 13.9 Å². The van der Waals surface area contributed by atoms with Crippen molar-refractivity contribution in [2.75, 3.05) is 6.54 Å². The minimum Gasteiger partial charge on any atom is -0.392 e. The maximum atomic E-state index is 13.3. The monoisotopic (exact) mass is 199 g/mol. The fourth-order valence-corrected chi connectivity index (χ4v) is 1.74. The molecule has 0 amide bonds. The number of aliphatic hydroxyl groups excluding tert-OH is 1. The molecule has 2 N–H and O–H groups in total. The first kappa shape index (κ1) is 9.55. The standard InChI is InChI=1S/C10H11F2NO/c11-6-1-2-9(12)8(3-6)10-4-7(14)5-13-10/h1-3,7,10,13-14H,4-5H2/t7-,10-/m0/s1. The number of aliphatic hydroxyl groups is 1. The molecule has 0 aromatic heterocycles. The normalized spacial score (nSPS) is 26.8. The van der Waals surface area contributed by atoms with Crippen LogP contribution in [0.5, 0.6) is 0 Å². The van der Waals surface area contributed by atoms with Crippen LogP contribution in [0, 0.1) is 11.6 Å². The van der Waals surface area contributed by atoms with Gasteiger partial charge in [0.2, 0.25) is 0 Å². The molecule has 1 heterocycles. The molecule has 1 aliphatic heterocycles. The number of benzene rings is 1. The molecule has 0 saturated carbocycles. The zero-order valence-corrected chi connectivity index (χ0v) is 7.50. The second-order valence-electron chi connectivity index (χ2n) is 3.52. The minimum atomic E-state index is -0.470. The van der Waals surface area contributed by atoms with Gasteiger partial charge in [-0.15, -0.1) is 0 Å². The Balaban J connectivity index is 2.27. The molecule has 0 aliphatic carbocycles. The maximum absolute atomic E-state index is 13.3. The highest BCUT2D eigenvalue weighted by molar-refractivity contribution is 5.23. The van der Waals surface area contributed by atoms with Gasteiger partial charge in [-0.25, -0.2) is 8.78 Å². The summed E-state index contributed by atoms with van der Waals surface area (Å²) in [7, 11) is 0. The Bertz CT molecular complexity index is 343. The summed E-state index contributed by atoms with van der Waals surface area (Å²) in [4.78, 5) is 0. The summed E-state index contributed by atoms with van der Waals surface area (Å²) in [6, 6.07) is 3.09. The first-order valence-corrected chi connectivity index (χ1v) is 4.53. The number of β-amino-alcohol motifs (C(OH)–C–C–N with tert-alkyl or cyclic N) is 1. The summed E-state index contributed by atoms with van der Waals surface area (Å²) >= 11 is 0. The smallest absolute Gasteiger partial charge is 0.128 e. The predicted molar refractivity (Wildman–Crippen MR) is 47.7 cm³/mol. The van der Waals surface area contributed by atoms with Gasteiger partial charge < -0.3 is 10.4 Å². The average molecular weight is 199 g/mol. The molecule has 1 aliphatic rings. The van der Waals surface area contributed by atoms with Crippen molar-refractivity contribution in [2.24, 2.45) is 0 Å². The van der Waals surface area contributed by atoms with Gasteiger partial charge in [0.05, 0.1) is 6.10 Å². The van der Waals surface area contributed by atoms with Gasteiger partial charge in [0.1, 0.15) is 11.6 Å². The number of nitrogens with one attached hydrogen (secondary N) is 1. The number of hydrogen-bond donors (Lipinski definition) is 2. The van der Waals surface area contributed by atoms with E-state index in [1.165, 1.54) is 6.07 Å². The van der Waals surface area contributed by atoms with Crippen LogP contribution in [0.15, 0.2) is 18.2 Å². The Morgan fingerprint density at radius 2 is 2.14 bits per heavy atom. The van der Waals surface area contributed by atoms with E-state index < -0.39 is 17.7 Å². The summed E-state index contributed by atoms with van der Waals surface area (Å²) in [6.07, 6.45) is -0.0388. The SMILES string of the molecule is O[C@@H]1CN[C@H](c2cc(F)ccc2F)C1. The van der Waals surface area contributed by atoms with Gasteiger partial charge in [-0.1, -0.05) is 0 Å². The van der Waals surface area contributed by atoms with Crippen LogP contribution in [0.1, 0.15) is 18.0 Å². The van der Waals surface area contributed by atoms with Crippen LogP contribution >= 0.6 is 0 Å². The lowest BCUT2D eigenvalue weighted by Gasteiger charge is -2.11. The molecule has 0 spiro atoms. The minimum absolute atomic E-state index is 0.277. The molecular formula is C10H11F2NO. The molecule has 0 unspecified atom stereocenters. The Kier molecular flexibility index (Phi) is 2.48. The fraction of sp³-hybridized carbons (Fsp3) is 0.400. The number of hydrogen-bond acceptors (Lipinski definition) is 2. The molecule has 1 aromatic carbocycles. The van der Waals surface area contributed by atoms with Crippen LogP contribution in [0.3, 0.4) is 0 Å². The van der Waals surface area contributed by atoms with E-state index in [4.69, 9.17) is 0 Å². The molecule has 1 saturated heterocycles. The van der Waals surface area contributed by atoms with Crippen LogP contribution in [0.2, 0.25) is 0 Å². The molecule has 76 valence electrons. The van der Waals surface area contributed by atoms with Gasteiger partial charge in [-0.2, -0.15) is 0 Å². The van der Waals surface area contributed by atoms with E-state index in [0.717, 1.165) is 12.1 Å². The topological polar surface area (TPSA) is 32.3 Å². The first-order chi connectivity index (χ1) is 6.66. The van der Waals surface area contributed by atoms with Crippen LogP contribution in [0.25, 0.3) is 0 Å². The third kappa shape index (κ3) is 1.76. The van der Waals surface area contributed by atoms with Gasteiger partial charge >= 0.3 is 0 Å². The van der Waals surface area contributed by atoms with E-state index in [-0.39, 0.29) is 6.04 Å². The first-order valence-electron chi connectivity index (χ1n) is 4.53. The molecule has 14 heavy (non-hydrogen) atoms. The van der Waals surface area contributed by atoms with Crippen molar-refractivity contribution in [2.45, 2.75) is 18.6 Å². The number of halogens is 2. The second kappa shape index (κ2) is 3.63. The largest absolute Gasteiger partial charge is 0.392 e. The predicted octanol–water partition coefficient (Wildman–Crippen LogP) is 1.36. The van der Waals surface area contributed by atoms with Gasteiger partial charge in [0, 0.05) is 18.2 Å². The molecule has 1 aromatic rings. The molecule has 0 bridgehead atoms. The maximum Gasteiger partial charge on any atom is 0.128 e. The van der Waals surface area contributed by atoms with Gasteiger partial charge in [-0.3, -0.25) is 0 Å². The van der Waals surface area contributed by atoms with Crippen LogP contribution in [0.4, 0.5) is 8.78 Å². The summed E-state index contributed by atoms with van der Waals surface area (Å²) in [5.41, 5.74) is 0.293. The highest BCUT2D eigenvalue weighted by Gasteiger charge is 2.25. The van der Waals surface area contributed by atoms with Crippen molar-refractivity contribution in [1.82, 2.24) is 5.32 Å².